The average molecular weight is 245 g/mol. The molecule has 2 saturated heterocycles. The van der Waals surface area contributed by atoms with Crippen LogP contribution in [0.3, 0.4) is 0 Å². The van der Waals surface area contributed by atoms with E-state index in [0.717, 1.165) is 31.4 Å². The molecular weight excluding hydrogens is 226 g/mol. The lowest BCUT2D eigenvalue weighted by atomic mass is 10.0. The fraction of sp³-hybridized carbons (Fsp3) is 0.533. The minimum Gasteiger partial charge on any atom is -0.497 e. The molecule has 1 aromatic carbocycles. The van der Waals surface area contributed by atoms with Crippen molar-refractivity contribution in [2.75, 3.05) is 7.11 Å². The van der Waals surface area contributed by atoms with Crippen LogP contribution in [0.1, 0.15) is 31.2 Å². The third-order valence-electron chi connectivity index (χ3n) is 4.20. The smallest absolute Gasteiger partial charge is 0.223 e. The number of ether oxygens (including phenoxy) is 1. The first-order chi connectivity index (χ1) is 8.78. The van der Waals surface area contributed by atoms with E-state index in [1.165, 1.54) is 12.0 Å². The number of carbonyl (C=O) groups excluding carboxylic acids is 1. The number of hydrogen-bond donors (Lipinski definition) is 0. The summed E-state index contributed by atoms with van der Waals surface area (Å²) in [6.07, 6.45) is 5.10. The molecule has 3 nitrogen and oxygen atoms in total. The van der Waals surface area contributed by atoms with Crippen LogP contribution in [0.25, 0.3) is 0 Å². The fourth-order valence-corrected chi connectivity index (χ4v) is 3.34. The van der Waals surface area contributed by atoms with E-state index in [4.69, 9.17) is 4.74 Å². The molecule has 0 bridgehead atoms. The quantitative estimate of drug-likeness (QED) is 0.818. The predicted octanol–water partition coefficient (Wildman–Crippen LogP) is 2.39. The van der Waals surface area contributed by atoms with E-state index in [0.29, 0.717) is 18.0 Å². The summed E-state index contributed by atoms with van der Waals surface area (Å²) in [6.45, 7) is 0. The van der Waals surface area contributed by atoms with Gasteiger partial charge in [-0.25, -0.2) is 0 Å². The highest BCUT2D eigenvalue weighted by Gasteiger charge is 2.40. The van der Waals surface area contributed by atoms with Gasteiger partial charge in [0.1, 0.15) is 5.75 Å². The summed E-state index contributed by atoms with van der Waals surface area (Å²) in [7, 11) is 1.69. The molecule has 2 aliphatic rings. The number of amides is 1. The minimum atomic E-state index is 0.352. The zero-order chi connectivity index (χ0) is 12.5. The predicted molar refractivity (Wildman–Crippen MR) is 69.6 cm³/mol. The van der Waals surface area contributed by atoms with Gasteiger partial charge in [-0.05, 0) is 43.4 Å². The molecule has 0 radical (unpaired) electrons. The third kappa shape index (κ3) is 1.98. The van der Waals surface area contributed by atoms with Gasteiger partial charge in [0, 0.05) is 18.5 Å². The van der Waals surface area contributed by atoms with Crippen LogP contribution >= 0.6 is 0 Å². The molecule has 0 spiro atoms. The van der Waals surface area contributed by atoms with Crippen LogP contribution in [-0.4, -0.2) is 30.0 Å². The van der Waals surface area contributed by atoms with E-state index in [1.807, 2.05) is 12.1 Å². The first kappa shape index (κ1) is 11.6. The first-order valence-corrected chi connectivity index (χ1v) is 6.72. The Labute approximate surface area is 108 Å². The highest BCUT2D eigenvalue weighted by atomic mass is 16.5. The monoisotopic (exact) mass is 245 g/mol. The number of benzene rings is 1. The van der Waals surface area contributed by atoms with Crippen LogP contribution in [-0.2, 0) is 11.2 Å². The average Bonchev–Trinajstić information content (AvgIpc) is 2.95. The maximum Gasteiger partial charge on any atom is 0.223 e. The molecule has 96 valence electrons. The Bertz CT molecular complexity index is 458. The van der Waals surface area contributed by atoms with Crippen LogP contribution in [0.2, 0.25) is 0 Å². The topological polar surface area (TPSA) is 29.5 Å². The standard InChI is InChI=1S/C15H19NO2/c1-18-14-4-2-3-11(10-14)9-13-6-5-12-7-8-15(17)16(12)13/h2-4,10,12-13H,5-9H2,1H3/t12-,13-/m1/s1. The molecule has 3 heteroatoms. The summed E-state index contributed by atoms with van der Waals surface area (Å²) in [6, 6.07) is 9.10. The molecular formula is C15H19NO2. The molecule has 3 rings (SSSR count). The lowest BCUT2D eigenvalue weighted by molar-refractivity contribution is -0.129. The second-order valence-corrected chi connectivity index (χ2v) is 5.28. The minimum absolute atomic E-state index is 0.352. The van der Waals surface area contributed by atoms with E-state index in [1.54, 1.807) is 7.11 Å². The molecule has 1 aromatic rings. The summed E-state index contributed by atoms with van der Waals surface area (Å²) in [5.74, 6) is 1.25. The maximum absolute atomic E-state index is 11.9. The van der Waals surface area contributed by atoms with Crippen molar-refractivity contribution in [1.82, 2.24) is 4.90 Å². The molecule has 2 aliphatic heterocycles. The Morgan fingerprint density at radius 3 is 3.06 bits per heavy atom. The maximum atomic E-state index is 11.9. The molecule has 0 unspecified atom stereocenters. The van der Waals surface area contributed by atoms with Gasteiger partial charge in [0.05, 0.1) is 7.11 Å². The second kappa shape index (κ2) is 4.63. The van der Waals surface area contributed by atoms with E-state index in [9.17, 15) is 4.79 Å². The van der Waals surface area contributed by atoms with Crippen molar-refractivity contribution in [3.63, 3.8) is 0 Å². The van der Waals surface area contributed by atoms with Crippen LogP contribution in [0.4, 0.5) is 0 Å². The lowest BCUT2D eigenvalue weighted by Gasteiger charge is -2.24. The van der Waals surface area contributed by atoms with Gasteiger partial charge >= 0.3 is 0 Å². The molecule has 2 atom stereocenters. The number of rotatable bonds is 3. The summed E-state index contributed by atoms with van der Waals surface area (Å²) < 4.78 is 5.25. The molecule has 2 fully saturated rings. The van der Waals surface area contributed by atoms with E-state index in [2.05, 4.69) is 17.0 Å². The summed E-state index contributed by atoms with van der Waals surface area (Å²) in [5, 5.41) is 0. The normalized spacial score (nSPS) is 26.5. The lowest BCUT2D eigenvalue weighted by Crippen LogP contribution is -2.36. The van der Waals surface area contributed by atoms with Crippen molar-refractivity contribution in [1.29, 1.82) is 0 Å². The SMILES string of the molecule is COc1cccc(C[C@H]2CC[C@@H]3CCC(=O)N32)c1. The van der Waals surface area contributed by atoms with Crippen LogP contribution in [0.15, 0.2) is 24.3 Å². The van der Waals surface area contributed by atoms with E-state index < -0.39 is 0 Å². The first-order valence-electron chi connectivity index (χ1n) is 6.72. The Balaban J connectivity index is 1.74. The van der Waals surface area contributed by atoms with Crippen LogP contribution in [0.5, 0.6) is 5.75 Å². The number of methoxy groups -OCH3 is 1. The van der Waals surface area contributed by atoms with Gasteiger partial charge < -0.3 is 9.64 Å². The Morgan fingerprint density at radius 1 is 1.33 bits per heavy atom. The molecule has 0 aliphatic carbocycles. The number of nitrogens with zero attached hydrogens (tertiary/aromatic N) is 1. The highest BCUT2D eigenvalue weighted by molar-refractivity contribution is 5.79. The van der Waals surface area contributed by atoms with Gasteiger partial charge in [0.25, 0.3) is 0 Å². The molecule has 1 amide bonds. The van der Waals surface area contributed by atoms with Crippen LogP contribution < -0.4 is 4.74 Å². The zero-order valence-corrected chi connectivity index (χ0v) is 10.8. The van der Waals surface area contributed by atoms with Gasteiger partial charge in [-0.2, -0.15) is 0 Å². The molecule has 0 saturated carbocycles. The van der Waals surface area contributed by atoms with Crippen molar-refractivity contribution >= 4 is 5.91 Å². The Kier molecular flexibility index (Phi) is 2.98. The number of carbonyl (C=O) groups is 1. The van der Waals surface area contributed by atoms with Crippen molar-refractivity contribution in [2.45, 2.75) is 44.2 Å². The van der Waals surface area contributed by atoms with Crippen molar-refractivity contribution in [3.8, 4) is 5.75 Å². The Hall–Kier alpha value is -1.51. The van der Waals surface area contributed by atoms with Gasteiger partial charge in [-0.1, -0.05) is 12.1 Å². The van der Waals surface area contributed by atoms with Crippen molar-refractivity contribution < 1.29 is 9.53 Å². The second-order valence-electron chi connectivity index (χ2n) is 5.28. The molecule has 18 heavy (non-hydrogen) atoms. The largest absolute Gasteiger partial charge is 0.497 e. The summed E-state index contributed by atoms with van der Waals surface area (Å²) in [4.78, 5) is 14.0. The number of fused-ring (bicyclic) bond motifs is 1. The highest BCUT2D eigenvalue weighted by Crippen LogP contribution is 2.35. The Morgan fingerprint density at radius 2 is 2.22 bits per heavy atom. The molecule has 0 aromatic heterocycles. The number of hydrogen-bond acceptors (Lipinski definition) is 2. The van der Waals surface area contributed by atoms with Gasteiger partial charge in [-0.3, -0.25) is 4.79 Å². The van der Waals surface area contributed by atoms with Gasteiger partial charge in [0.15, 0.2) is 0 Å². The molecule has 2 heterocycles. The zero-order valence-electron chi connectivity index (χ0n) is 10.8. The fourth-order valence-electron chi connectivity index (χ4n) is 3.34. The molecule has 0 N–H and O–H groups in total. The summed E-state index contributed by atoms with van der Waals surface area (Å²) in [5.41, 5.74) is 1.26. The van der Waals surface area contributed by atoms with E-state index >= 15 is 0 Å². The van der Waals surface area contributed by atoms with Crippen LogP contribution in [0, 0.1) is 0 Å². The summed E-state index contributed by atoms with van der Waals surface area (Å²) >= 11 is 0. The van der Waals surface area contributed by atoms with Crippen molar-refractivity contribution in [3.05, 3.63) is 29.8 Å². The van der Waals surface area contributed by atoms with Gasteiger partial charge in [-0.15, -0.1) is 0 Å². The van der Waals surface area contributed by atoms with Gasteiger partial charge in [0.2, 0.25) is 5.91 Å². The van der Waals surface area contributed by atoms with E-state index in [-0.39, 0.29) is 0 Å². The third-order valence-corrected chi connectivity index (χ3v) is 4.20. The van der Waals surface area contributed by atoms with Crippen molar-refractivity contribution in [2.24, 2.45) is 0 Å².